The molecule has 0 N–H and O–H groups in total. The van der Waals surface area contributed by atoms with E-state index in [0.29, 0.717) is 0 Å². The van der Waals surface area contributed by atoms with Crippen molar-refractivity contribution in [2.24, 2.45) is 0 Å². The van der Waals surface area contributed by atoms with Crippen molar-refractivity contribution in [1.29, 1.82) is 0 Å². The standard InChI is InChI=1S/C12H20ClN/c1-5-12(13)9-8-11(4)10-14(6-2)7-3/h5,8-9H,4,6-7,10H2,1-3H3/b9-8-,12-5+. The number of halogens is 1. The van der Waals surface area contributed by atoms with Crippen molar-refractivity contribution in [1.82, 2.24) is 4.90 Å². The Balaban J connectivity index is 4.03. The van der Waals surface area contributed by atoms with Crippen LogP contribution in [0.3, 0.4) is 0 Å². The Kier molecular flexibility index (Phi) is 7.54. The molecule has 0 bridgehead atoms. The normalized spacial score (nSPS) is 12.8. The molecule has 0 aromatic heterocycles. The van der Waals surface area contributed by atoms with Gasteiger partial charge in [0.15, 0.2) is 0 Å². The first-order valence-corrected chi connectivity index (χ1v) is 5.41. The van der Waals surface area contributed by atoms with Gasteiger partial charge in [0.05, 0.1) is 0 Å². The van der Waals surface area contributed by atoms with Crippen molar-refractivity contribution >= 4 is 11.6 Å². The molecule has 0 aromatic carbocycles. The predicted octanol–water partition coefficient (Wildman–Crippen LogP) is 3.58. The minimum Gasteiger partial charge on any atom is -0.300 e. The molecule has 0 saturated heterocycles. The van der Waals surface area contributed by atoms with E-state index in [1.807, 2.05) is 25.2 Å². The van der Waals surface area contributed by atoms with Gasteiger partial charge in [-0.05, 0) is 31.7 Å². The molecule has 0 aliphatic heterocycles. The Morgan fingerprint density at radius 1 is 1.29 bits per heavy atom. The van der Waals surface area contributed by atoms with Gasteiger partial charge in [-0.2, -0.15) is 0 Å². The molecule has 0 atom stereocenters. The zero-order valence-electron chi connectivity index (χ0n) is 9.39. The molecule has 0 spiro atoms. The molecule has 0 aliphatic carbocycles. The van der Waals surface area contributed by atoms with Gasteiger partial charge in [0.2, 0.25) is 0 Å². The Morgan fingerprint density at radius 3 is 2.29 bits per heavy atom. The van der Waals surface area contributed by atoms with Gasteiger partial charge in [-0.3, -0.25) is 4.90 Å². The molecule has 14 heavy (non-hydrogen) atoms. The molecule has 80 valence electrons. The van der Waals surface area contributed by atoms with Crippen molar-refractivity contribution < 1.29 is 0 Å². The molecule has 0 radical (unpaired) electrons. The second-order valence-electron chi connectivity index (χ2n) is 3.13. The molecular formula is C12H20ClN. The van der Waals surface area contributed by atoms with Crippen molar-refractivity contribution in [2.75, 3.05) is 19.6 Å². The van der Waals surface area contributed by atoms with Crippen LogP contribution in [0.15, 0.2) is 35.4 Å². The van der Waals surface area contributed by atoms with Crippen LogP contribution in [0, 0.1) is 0 Å². The molecule has 0 aromatic rings. The van der Waals surface area contributed by atoms with E-state index >= 15 is 0 Å². The van der Waals surface area contributed by atoms with Crippen molar-refractivity contribution in [3.63, 3.8) is 0 Å². The predicted molar refractivity (Wildman–Crippen MR) is 65.7 cm³/mol. The molecule has 0 amide bonds. The summed E-state index contributed by atoms with van der Waals surface area (Å²) in [5.41, 5.74) is 1.09. The first kappa shape index (κ1) is 13.5. The van der Waals surface area contributed by atoms with Gasteiger partial charge in [0, 0.05) is 11.6 Å². The number of likely N-dealkylation sites (N-methyl/N-ethyl adjacent to an activating group) is 1. The summed E-state index contributed by atoms with van der Waals surface area (Å²) in [7, 11) is 0. The number of rotatable bonds is 6. The number of nitrogens with zero attached hydrogens (tertiary/aromatic N) is 1. The van der Waals surface area contributed by atoms with E-state index in [2.05, 4.69) is 25.3 Å². The van der Waals surface area contributed by atoms with Gasteiger partial charge in [0.1, 0.15) is 0 Å². The topological polar surface area (TPSA) is 3.24 Å². The minimum absolute atomic E-state index is 0.755. The zero-order chi connectivity index (χ0) is 11.0. The van der Waals surface area contributed by atoms with Crippen molar-refractivity contribution in [2.45, 2.75) is 20.8 Å². The van der Waals surface area contributed by atoms with Crippen LogP contribution in [0.5, 0.6) is 0 Å². The lowest BCUT2D eigenvalue weighted by Crippen LogP contribution is -2.24. The highest BCUT2D eigenvalue weighted by Gasteiger charge is 1.98. The van der Waals surface area contributed by atoms with Gasteiger partial charge in [-0.1, -0.05) is 44.2 Å². The number of hydrogen-bond donors (Lipinski definition) is 0. The summed E-state index contributed by atoms with van der Waals surface area (Å²) in [5, 5.41) is 0.755. The fraction of sp³-hybridized carbons (Fsp3) is 0.500. The molecule has 0 rings (SSSR count). The molecule has 0 fully saturated rings. The minimum atomic E-state index is 0.755. The summed E-state index contributed by atoms with van der Waals surface area (Å²) in [6, 6.07) is 0. The van der Waals surface area contributed by atoms with Crippen LogP contribution in [0.2, 0.25) is 0 Å². The number of allylic oxidation sites excluding steroid dienone is 3. The molecule has 1 nitrogen and oxygen atoms in total. The van der Waals surface area contributed by atoms with Gasteiger partial charge in [-0.15, -0.1) is 0 Å². The lowest BCUT2D eigenvalue weighted by atomic mass is 10.2. The quantitative estimate of drug-likeness (QED) is 0.610. The highest BCUT2D eigenvalue weighted by Crippen LogP contribution is 2.05. The largest absolute Gasteiger partial charge is 0.300 e. The Bertz CT molecular complexity index is 224. The van der Waals surface area contributed by atoms with Crippen LogP contribution in [-0.2, 0) is 0 Å². The molecule has 0 unspecified atom stereocenters. The van der Waals surface area contributed by atoms with Crippen LogP contribution in [0.1, 0.15) is 20.8 Å². The maximum atomic E-state index is 5.83. The highest BCUT2D eigenvalue weighted by atomic mass is 35.5. The van der Waals surface area contributed by atoms with E-state index < -0.39 is 0 Å². The van der Waals surface area contributed by atoms with Crippen LogP contribution >= 0.6 is 11.6 Å². The van der Waals surface area contributed by atoms with E-state index in [-0.39, 0.29) is 0 Å². The van der Waals surface area contributed by atoms with E-state index in [9.17, 15) is 0 Å². The van der Waals surface area contributed by atoms with Crippen LogP contribution < -0.4 is 0 Å². The fourth-order valence-electron chi connectivity index (χ4n) is 1.08. The zero-order valence-corrected chi connectivity index (χ0v) is 10.1. The second-order valence-corrected chi connectivity index (χ2v) is 3.56. The van der Waals surface area contributed by atoms with E-state index in [1.165, 1.54) is 0 Å². The summed E-state index contributed by atoms with van der Waals surface area (Å²) < 4.78 is 0. The van der Waals surface area contributed by atoms with Crippen LogP contribution in [-0.4, -0.2) is 24.5 Å². The SMILES string of the molecule is C=C(/C=C\C(Cl)=C/C)CN(CC)CC. The van der Waals surface area contributed by atoms with Crippen LogP contribution in [0.4, 0.5) is 0 Å². The van der Waals surface area contributed by atoms with Gasteiger partial charge >= 0.3 is 0 Å². The lowest BCUT2D eigenvalue weighted by molar-refractivity contribution is 0.332. The second kappa shape index (κ2) is 7.84. The van der Waals surface area contributed by atoms with Gasteiger partial charge in [0.25, 0.3) is 0 Å². The summed E-state index contributed by atoms with van der Waals surface area (Å²) >= 11 is 5.83. The number of hydrogen-bond acceptors (Lipinski definition) is 1. The first-order valence-electron chi connectivity index (χ1n) is 5.04. The maximum absolute atomic E-state index is 5.83. The summed E-state index contributed by atoms with van der Waals surface area (Å²) in [6.45, 7) is 13.2. The molecule has 0 saturated carbocycles. The smallest absolute Gasteiger partial charge is 0.0363 e. The lowest BCUT2D eigenvalue weighted by Gasteiger charge is -2.17. The average Bonchev–Trinajstić information content (AvgIpc) is 2.22. The molecule has 0 heterocycles. The van der Waals surface area contributed by atoms with Gasteiger partial charge in [-0.25, -0.2) is 0 Å². The Hall–Kier alpha value is -0.530. The molecule has 0 aliphatic rings. The molecule has 2 heteroatoms. The van der Waals surface area contributed by atoms with Crippen molar-refractivity contribution in [3.05, 3.63) is 35.4 Å². The third-order valence-corrected chi connectivity index (χ3v) is 2.42. The summed E-state index contributed by atoms with van der Waals surface area (Å²) in [4.78, 5) is 2.32. The summed E-state index contributed by atoms with van der Waals surface area (Å²) in [5.74, 6) is 0. The Labute approximate surface area is 92.7 Å². The maximum Gasteiger partial charge on any atom is 0.0363 e. The summed E-state index contributed by atoms with van der Waals surface area (Å²) in [6.07, 6.45) is 5.72. The van der Waals surface area contributed by atoms with E-state index in [0.717, 1.165) is 30.2 Å². The van der Waals surface area contributed by atoms with E-state index in [1.54, 1.807) is 0 Å². The highest BCUT2D eigenvalue weighted by molar-refractivity contribution is 6.31. The van der Waals surface area contributed by atoms with Crippen molar-refractivity contribution in [3.8, 4) is 0 Å². The van der Waals surface area contributed by atoms with Crippen LogP contribution in [0.25, 0.3) is 0 Å². The Morgan fingerprint density at radius 2 is 1.86 bits per heavy atom. The van der Waals surface area contributed by atoms with E-state index in [4.69, 9.17) is 11.6 Å². The third-order valence-electron chi connectivity index (χ3n) is 2.08. The first-order chi connectivity index (χ1) is 6.63. The third kappa shape index (κ3) is 6.01. The average molecular weight is 214 g/mol. The van der Waals surface area contributed by atoms with Gasteiger partial charge < -0.3 is 0 Å². The fourth-order valence-corrected chi connectivity index (χ4v) is 1.14. The molecular weight excluding hydrogens is 194 g/mol. The monoisotopic (exact) mass is 213 g/mol.